The number of likely N-dealkylation sites (N-methyl/N-ethyl adjacent to an activating group) is 1. The minimum atomic E-state index is 0.722. The van der Waals surface area contributed by atoms with Gasteiger partial charge < -0.3 is 15.4 Å². The Labute approximate surface area is 95.8 Å². The van der Waals surface area contributed by atoms with Crippen LogP contribution in [0.2, 0.25) is 5.02 Å². The summed E-state index contributed by atoms with van der Waals surface area (Å²) in [5.74, 6) is 0.857. The van der Waals surface area contributed by atoms with Crippen molar-refractivity contribution in [3.05, 3.63) is 22.7 Å². The summed E-state index contributed by atoms with van der Waals surface area (Å²) in [6.45, 7) is 3.72. The van der Waals surface area contributed by atoms with Gasteiger partial charge in [0.25, 0.3) is 0 Å². The van der Waals surface area contributed by atoms with E-state index >= 15 is 0 Å². The topological polar surface area (TPSA) is 33.3 Å². The summed E-state index contributed by atoms with van der Waals surface area (Å²) in [7, 11) is 3.58. The SMILES string of the molecule is CNCCNc1cc(Cl)cc(C)c1OC. The zero-order valence-corrected chi connectivity index (χ0v) is 10.1. The smallest absolute Gasteiger partial charge is 0.144 e. The molecule has 0 fully saturated rings. The van der Waals surface area contributed by atoms with Crippen LogP contribution in [0.5, 0.6) is 5.75 Å². The van der Waals surface area contributed by atoms with Gasteiger partial charge in [-0.1, -0.05) is 11.6 Å². The molecule has 1 rings (SSSR count). The van der Waals surface area contributed by atoms with Crippen LogP contribution in [0.1, 0.15) is 5.56 Å². The maximum atomic E-state index is 5.98. The van der Waals surface area contributed by atoms with Gasteiger partial charge >= 0.3 is 0 Å². The van der Waals surface area contributed by atoms with Crippen molar-refractivity contribution in [2.24, 2.45) is 0 Å². The van der Waals surface area contributed by atoms with Crippen molar-refractivity contribution in [1.29, 1.82) is 0 Å². The van der Waals surface area contributed by atoms with E-state index in [2.05, 4.69) is 10.6 Å². The molecule has 0 saturated heterocycles. The highest BCUT2D eigenvalue weighted by Gasteiger charge is 2.07. The second-order valence-corrected chi connectivity index (χ2v) is 3.77. The summed E-state index contributed by atoms with van der Waals surface area (Å²) < 4.78 is 5.32. The lowest BCUT2D eigenvalue weighted by Crippen LogP contribution is -2.18. The molecule has 84 valence electrons. The lowest BCUT2D eigenvalue weighted by Gasteiger charge is -2.13. The van der Waals surface area contributed by atoms with Crippen LogP contribution >= 0.6 is 11.6 Å². The van der Waals surface area contributed by atoms with Crippen molar-refractivity contribution in [1.82, 2.24) is 5.32 Å². The summed E-state index contributed by atoms with van der Waals surface area (Å²) in [6, 6.07) is 3.77. The molecular weight excluding hydrogens is 212 g/mol. The lowest BCUT2D eigenvalue weighted by molar-refractivity contribution is 0.413. The van der Waals surface area contributed by atoms with Gasteiger partial charge in [-0.25, -0.2) is 0 Å². The quantitative estimate of drug-likeness (QED) is 0.759. The van der Waals surface area contributed by atoms with E-state index in [-0.39, 0.29) is 0 Å². The van der Waals surface area contributed by atoms with Gasteiger partial charge in [0.05, 0.1) is 12.8 Å². The summed E-state index contributed by atoms with van der Waals surface area (Å²) in [4.78, 5) is 0. The number of hydrogen-bond donors (Lipinski definition) is 2. The Hall–Kier alpha value is -0.930. The fourth-order valence-corrected chi connectivity index (χ4v) is 1.73. The highest BCUT2D eigenvalue weighted by molar-refractivity contribution is 6.31. The predicted octanol–water partition coefficient (Wildman–Crippen LogP) is 2.29. The first-order valence-corrected chi connectivity index (χ1v) is 5.29. The van der Waals surface area contributed by atoms with Crippen molar-refractivity contribution < 1.29 is 4.74 Å². The molecule has 0 aromatic heterocycles. The van der Waals surface area contributed by atoms with E-state index in [1.807, 2.05) is 26.1 Å². The van der Waals surface area contributed by atoms with Crippen LogP contribution in [0, 0.1) is 6.92 Å². The van der Waals surface area contributed by atoms with Crippen molar-refractivity contribution in [2.45, 2.75) is 6.92 Å². The molecule has 0 bridgehead atoms. The van der Waals surface area contributed by atoms with Crippen molar-refractivity contribution in [3.63, 3.8) is 0 Å². The average molecular weight is 229 g/mol. The average Bonchev–Trinajstić information content (AvgIpc) is 2.17. The number of rotatable bonds is 5. The van der Waals surface area contributed by atoms with Crippen LogP contribution in [0.15, 0.2) is 12.1 Å². The van der Waals surface area contributed by atoms with E-state index in [1.54, 1.807) is 7.11 Å². The molecule has 15 heavy (non-hydrogen) atoms. The second-order valence-electron chi connectivity index (χ2n) is 3.33. The first kappa shape index (κ1) is 12.1. The molecule has 0 amide bonds. The zero-order chi connectivity index (χ0) is 11.3. The first-order chi connectivity index (χ1) is 7.19. The number of benzene rings is 1. The summed E-state index contributed by atoms with van der Waals surface area (Å²) >= 11 is 5.98. The molecular formula is C11H17ClN2O. The third-order valence-electron chi connectivity index (χ3n) is 2.13. The van der Waals surface area contributed by atoms with Crippen LogP contribution < -0.4 is 15.4 Å². The Morgan fingerprint density at radius 3 is 2.67 bits per heavy atom. The van der Waals surface area contributed by atoms with Gasteiger partial charge in [-0.15, -0.1) is 0 Å². The van der Waals surface area contributed by atoms with E-state index < -0.39 is 0 Å². The fourth-order valence-electron chi connectivity index (χ4n) is 1.45. The van der Waals surface area contributed by atoms with Crippen LogP contribution in [-0.2, 0) is 0 Å². The maximum Gasteiger partial charge on any atom is 0.144 e. The Morgan fingerprint density at radius 2 is 2.07 bits per heavy atom. The van der Waals surface area contributed by atoms with E-state index in [4.69, 9.17) is 16.3 Å². The molecule has 1 aromatic rings. The van der Waals surface area contributed by atoms with Crippen molar-refractivity contribution >= 4 is 17.3 Å². The zero-order valence-electron chi connectivity index (χ0n) is 9.36. The van der Waals surface area contributed by atoms with Gasteiger partial charge in [0.15, 0.2) is 0 Å². The fraction of sp³-hybridized carbons (Fsp3) is 0.455. The molecule has 3 nitrogen and oxygen atoms in total. The van der Waals surface area contributed by atoms with E-state index in [0.29, 0.717) is 0 Å². The number of hydrogen-bond acceptors (Lipinski definition) is 3. The van der Waals surface area contributed by atoms with Crippen molar-refractivity contribution in [3.8, 4) is 5.75 Å². The number of halogens is 1. The second kappa shape index (κ2) is 5.83. The van der Waals surface area contributed by atoms with Gasteiger partial charge in [-0.2, -0.15) is 0 Å². The van der Waals surface area contributed by atoms with Gasteiger partial charge in [0.2, 0.25) is 0 Å². The van der Waals surface area contributed by atoms with Crippen LogP contribution in [0.4, 0.5) is 5.69 Å². The Bertz CT molecular complexity index is 329. The Kier molecular flexibility index (Phi) is 4.72. The molecule has 4 heteroatoms. The standard InChI is InChI=1S/C11H17ClN2O/c1-8-6-9(12)7-10(11(8)15-3)14-5-4-13-2/h6-7,13-14H,4-5H2,1-3H3. The van der Waals surface area contributed by atoms with E-state index in [9.17, 15) is 0 Å². The molecule has 0 aliphatic rings. The number of nitrogens with one attached hydrogen (secondary N) is 2. The molecule has 0 spiro atoms. The summed E-state index contributed by atoms with van der Waals surface area (Å²) in [6.07, 6.45) is 0. The largest absolute Gasteiger partial charge is 0.494 e. The third-order valence-corrected chi connectivity index (χ3v) is 2.35. The maximum absolute atomic E-state index is 5.98. The first-order valence-electron chi connectivity index (χ1n) is 4.91. The van der Waals surface area contributed by atoms with E-state index in [0.717, 1.165) is 35.1 Å². The van der Waals surface area contributed by atoms with Gasteiger partial charge in [0.1, 0.15) is 5.75 Å². The molecule has 0 atom stereocenters. The Balaban J connectivity index is 2.84. The predicted molar refractivity (Wildman–Crippen MR) is 65.2 cm³/mol. The normalized spacial score (nSPS) is 10.1. The van der Waals surface area contributed by atoms with Crippen LogP contribution in [0.3, 0.4) is 0 Å². The van der Waals surface area contributed by atoms with Gasteiger partial charge in [-0.05, 0) is 31.7 Å². The molecule has 2 N–H and O–H groups in total. The number of aryl methyl sites for hydroxylation is 1. The minimum absolute atomic E-state index is 0.722. The van der Waals surface area contributed by atoms with Crippen LogP contribution in [0.25, 0.3) is 0 Å². The Morgan fingerprint density at radius 1 is 1.33 bits per heavy atom. The highest BCUT2D eigenvalue weighted by Crippen LogP contribution is 2.31. The summed E-state index contributed by atoms with van der Waals surface area (Å²) in [5, 5.41) is 7.07. The van der Waals surface area contributed by atoms with Gasteiger partial charge in [-0.3, -0.25) is 0 Å². The molecule has 0 heterocycles. The molecule has 0 aliphatic heterocycles. The van der Waals surface area contributed by atoms with Gasteiger partial charge in [0, 0.05) is 18.1 Å². The highest BCUT2D eigenvalue weighted by atomic mass is 35.5. The molecule has 0 radical (unpaired) electrons. The molecule has 1 aromatic carbocycles. The number of methoxy groups -OCH3 is 1. The molecule has 0 unspecified atom stereocenters. The number of anilines is 1. The van der Waals surface area contributed by atoms with E-state index in [1.165, 1.54) is 0 Å². The monoisotopic (exact) mass is 228 g/mol. The minimum Gasteiger partial charge on any atom is -0.494 e. The number of ether oxygens (including phenoxy) is 1. The molecule has 0 saturated carbocycles. The van der Waals surface area contributed by atoms with Crippen LogP contribution in [-0.4, -0.2) is 27.2 Å². The third kappa shape index (κ3) is 3.29. The lowest BCUT2D eigenvalue weighted by atomic mass is 10.2. The summed E-state index contributed by atoms with van der Waals surface area (Å²) in [5.41, 5.74) is 1.98. The van der Waals surface area contributed by atoms with Crippen molar-refractivity contribution in [2.75, 3.05) is 32.6 Å². The molecule has 0 aliphatic carbocycles.